The van der Waals surface area contributed by atoms with Gasteiger partial charge in [0.05, 0.1) is 17.9 Å². The van der Waals surface area contributed by atoms with Crippen molar-refractivity contribution >= 4 is 28.7 Å². The fraction of sp³-hybridized carbons (Fsp3) is 0.217. The Labute approximate surface area is 187 Å². The second-order valence-electron chi connectivity index (χ2n) is 7.72. The number of amides is 1. The van der Waals surface area contributed by atoms with Crippen LogP contribution in [-0.2, 0) is 11.3 Å². The Balaban J connectivity index is 1.39. The van der Waals surface area contributed by atoms with Crippen LogP contribution in [0.4, 0.5) is 4.39 Å². The number of carbonyl (C=O) groups excluding carboxylic acids is 1. The summed E-state index contributed by atoms with van der Waals surface area (Å²) in [6.45, 7) is 2.29. The first-order valence-corrected chi connectivity index (χ1v) is 11.2. The largest absolute Gasteiger partial charge is 0.352 e. The second-order valence-corrected chi connectivity index (χ2v) is 8.71. The number of aromatic nitrogens is 4. The molecule has 0 aliphatic carbocycles. The van der Waals surface area contributed by atoms with Crippen LogP contribution in [0.3, 0.4) is 0 Å². The lowest BCUT2D eigenvalue weighted by molar-refractivity contribution is -0.121. The molecule has 1 atom stereocenters. The van der Waals surface area contributed by atoms with Gasteiger partial charge in [-0.3, -0.25) is 14.2 Å². The maximum absolute atomic E-state index is 13.2. The Hall–Kier alpha value is -3.46. The van der Waals surface area contributed by atoms with Crippen LogP contribution < -0.4 is 10.9 Å². The van der Waals surface area contributed by atoms with Gasteiger partial charge in [0.15, 0.2) is 10.8 Å². The van der Waals surface area contributed by atoms with E-state index in [2.05, 4.69) is 10.4 Å². The maximum Gasteiger partial charge on any atom is 0.265 e. The van der Waals surface area contributed by atoms with Gasteiger partial charge in [-0.25, -0.2) is 14.1 Å². The first-order valence-electron chi connectivity index (χ1n) is 10.2. The molecule has 0 saturated heterocycles. The van der Waals surface area contributed by atoms with E-state index < -0.39 is 0 Å². The van der Waals surface area contributed by atoms with E-state index in [-0.39, 0.29) is 29.7 Å². The lowest BCUT2D eigenvalue weighted by Crippen LogP contribution is -2.30. The summed E-state index contributed by atoms with van der Waals surface area (Å²) in [4.78, 5) is 30.5. The molecule has 2 aromatic heterocycles. The predicted molar refractivity (Wildman–Crippen MR) is 120 cm³/mol. The van der Waals surface area contributed by atoms with Crippen LogP contribution in [0.1, 0.15) is 23.6 Å². The molecule has 5 rings (SSSR count). The van der Waals surface area contributed by atoms with Crippen molar-refractivity contribution in [3.8, 4) is 5.69 Å². The summed E-state index contributed by atoms with van der Waals surface area (Å²) in [7, 11) is 0. The highest BCUT2D eigenvalue weighted by Gasteiger charge is 2.29. The number of rotatable bonds is 5. The molecule has 1 amide bonds. The summed E-state index contributed by atoms with van der Waals surface area (Å²) in [5, 5.41) is 8.27. The zero-order valence-electron chi connectivity index (χ0n) is 17.3. The van der Waals surface area contributed by atoms with Gasteiger partial charge in [0.25, 0.3) is 5.56 Å². The lowest BCUT2D eigenvalue weighted by atomic mass is 10.2. The molecule has 0 saturated carbocycles. The highest BCUT2D eigenvalue weighted by Crippen LogP contribution is 2.33. The molecule has 0 bridgehead atoms. The van der Waals surface area contributed by atoms with Crippen molar-refractivity contribution in [3.63, 3.8) is 0 Å². The number of hydrogen-bond acceptors (Lipinski definition) is 5. The Morgan fingerprint density at radius 1 is 1.22 bits per heavy atom. The number of carbonyl (C=O) groups is 1. The first kappa shape index (κ1) is 20.4. The zero-order chi connectivity index (χ0) is 22.2. The SMILES string of the molecule is Cc1ccccc1-n1ncc2c(=O)n3c(nc21)SCC3CC(=O)NCc1ccc(F)cc1. The van der Waals surface area contributed by atoms with Crippen molar-refractivity contribution in [1.29, 1.82) is 0 Å². The molecule has 1 aliphatic rings. The van der Waals surface area contributed by atoms with Crippen LogP contribution in [0, 0.1) is 12.7 Å². The quantitative estimate of drug-likeness (QED) is 0.473. The number of nitrogens with zero attached hydrogens (tertiary/aromatic N) is 4. The van der Waals surface area contributed by atoms with Crippen LogP contribution in [0.25, 0.3) is 16.7 Å². The van der Waals surface area contributed by atoms with Crippen molar-refractivity contribution in [3.05, 3.63) is 82.0 Å². The highest BCUT2D eigenvalue weighted by atomic mass is 32.2. The van der Waals surface area contributed by atoms with Gasteiger partial charge in [-0.15, -0.1) is 0 Å². The summed E-state index contributed by atoms with van der Waals surface area (Å²) < 4.78 is 16.3. The third kappa shape index (κ3) is 3.69. The molecule has 0 spiro atoms. The highest BCUT2D eigenvalue weighted by molar-refractivity contribution is 7.99. The first-order chi connectivity index (χ1) is 15.5. The summed E-state index contributed by atoms with van der Waals surface area (Å²) in [5.41, 5.74) is 3.04. The summed E-state index contributed by atoms with van der Waals surface area (Å²) in [5.74, 6) is 0.107. The van der Waals surface area contributed by atoms with E-state index >= 15 is 0 Å². The van der Waals surface area contributed by atoms with E-state index in [1.165, 1.54) is 23.9 Å². The van der Waals surface area contributed by atoms with Crippen LogP contribution in [0.5, 0.6) is 0 Å². The van der Waals surface area contributed by atoms with Gasteiger partial charge in [-0.1, -0.05) is 42.1 Å². The van der Waals surface area contributed by atoms with Crippen LogP contribution in [0.15, 0.2) is 64.7 Å². The smallest absolute Gasteiger partial charge is 0.265 e. The van der Waals surface area contributed by atoms with Crippen molar-refractivity contribution in [1.82, 2.24) is 24.6 Å². The minimum absolute atomic E-state index is 0.167. The van der Waals surface area contributed by atoms with E-state index in [9.17, 15) is 14.0 Å². The van der Waals surface area contributed by atoms with Gasteiger partial charge in [0.1, 0.15) is 11.2 Å². The number of aryl methyl sites for hydroxylation is 1. The molecule has 162 valence electrons. The molecule has 4 aromatic rings. The molecule has 3 heterocycles. The molecule has 0 fully saturated rings. The van der Waals surface area contributed by atoms with Crippen molar-refractivity contribution in [2.24, 2.45) is 0 Å². The Morgan fingerprint density at radius 2 is 2.00 bits per heavy atom. The van der Waals surface area contributed by atoms with Gasteiger partial charge < -0.3 is 5.32 Å². The van der Waals surface area contributed by atoms with Crippen molar-refractivity contribution < 1.29 is 9.18 Å². The fourth-order valence-corrected chi connectivity index (χ4v) is 4.98. The number of benzene rings is 2. The maximum atomic E-state index is 13.2. The van der Waals surface area contributed by atoms with Gasteiger partial charge in [-0.05, 0) is 36.2 Å². The number of nitrogens with one attached hydrogen (secondary N) is 1. The minimum Gasteiger partial charge on any atom is -0.352 e. The van der Waals surface area contributed by atoms with Crippen LogP contribution in [0.2, 0.25) is 0 Å². The standard InChI is InChI=1S/C23H20FN5O2S/c1-14-4-2-3-5-19(14)29-21-18(12-26-29)22(31)28-17(13-32-23(28)27-21)10-20(30)25-11-15-6-8-16(24)9-7-15/h2-9,12,17H,10-11,13H2,1H3,(H,25,30). The van der Waals surface area contributed by atoms with Gasteiger partial charge in [0.2, 0.25) is 5.91 Å². The third-order valence-electron chi connectivity index (χ3n) is 5.54. The Kier molecular flexibility index (Phi) is 5.26. The second kappa shape index (κ2) is 8.23. The number of hydrogen-bond donors (Lipinski definition) is 1. The Morgan fingerprint density at radius 3 is 2.78 bits per heavy atom. The van der Waals surface area contributed by atoms with Crippen LogP contribution >= 0.6 is 11.8 Å². The number of halogens is 1. The molecular formula is C23H20FN5O2S. The molecule has 2 aromatic carbocycles. The van der Waals surface area contributed by atoms with E-state index in [4.69, 9.17) is 4.98 Å². The number of fused-ring (bicyclic) bond motifs is 2. The normalized spacial score (nSPS) is 15.1. The molecule has 7 nitrogen and oxygen atoms in total. The van der Waals surface area contributed by atoms with Gasteiger partial charge >= 0.3 is 0 Å². The van der Waals surface area contributed by atoms with E-state index in [1.807, 2.05) is 31.2 Å². The van der Waals surface area contributed by atoms with Gasteiger partial charge in [-0.2, -0.15) is 5.10 Å². The number of thioether (sulfide) groups is 1. The lowest BCUT2D eigenvalue weighted by Gasteiger charge is -2.14. The monoisotopic (exact) mass is 449 g/mol. The molecule has 32 heavy (non-hydrogen) atoms. The van der Waals surface area contributed by atoms with Crippen molar-refractivity contribution in [2.45, 2.75) is 31.1 Å². The summed E-state index contributed by atoms with van der Waals surface area (Å²) >= 11 is 1.46. The molecule has 0 radical (unpaired) electrons. The average molecular weight is 450 g/mol. The minimum atomic E-state index is -0.316. The fourth-order valence-electron chi connectivity index (χ4n) is 3.85. The molecule has 1 aliphatic heterocycles. The van der Waals surface area contributed by atoms with E-state index in [1.54, 1.807) is 27.6 Å². The summed E-state index contributed by atoms with van der Waals surface area (Å²) in [6, 6.07) is 13.5. The molecule has 1 unspecified atom stereocenters. The third-order valence-corrected chi connectivity index (χ3v) is 6.64. The zero-order valence-corrected chi connectivity index (χ0v) is 18.1. The van der Waals surface area contributed by atoms with Crippen molar-refractivity contribution in [2.75, 3.05) is 5.75 Å². The van der Waals surface area contributed by atoms with E-state index in [0.717, 1.165) is 16.8 Å². The number of para-hydroxylation sites is 1. The Bertz CT molecular complexity index is 1380. The molecule has 9 heteroatoms. The summed E-state index contributed by atoms with van der Waals surface area (Å²) in [6.07, 6.45) is 1.71. The molecule has 1 N–H and O–H groups in total. The van der Waals surface area contributed by atoms with Crippen LogP contribution in [-0.4, -0.2) is 31.0 Å². The topological polar surface area (TPSA) is 81.8 Å². The van der Waals surface area contributed by atoms with Gasteiger partial charge in [0, 0.05) is 18.7 Å². The predicted octanol–water partition coefficient (Wildman–Crippen LogP) is 3.38. The average Bonchev–Trinajstić information content (AvgIpc) is 3.39. The molecular weight excluding hydrogens is 429 g/mol. The van der Waals surface area contributed by atoms with E-state index in [0.29, 0.717) is 28.5 Å².